The highest BCUT2D eigenvalue weighted by molar-refractivity contribution is 6.31. The van der Waals surface area contributed by atoms with Gasteiger partial charge in [-0.2, -0.15) is 5.10 Å². The third-order valence-electron chi connectivity index (χ3n) is 5.26. The van der Waals surface area contributed by atoms with Crippen LogP contribution in [0, 0.1) is 5.82 Å². The van der Waals surface area contributed by atoms with Crippen LogP contribution in [0.3, 0.4) is 0 Å². The largest absolute Gasteiger partial charge is 0.322 e. The van der Waals surface area contributed by atoms with Gasteiger partial charge in [0.15, 0.2) is 0 Å². The number of hydrogen-bond acceptors (Lipinski definition) is 4. The molecule has 160 valence electrons. The van der Waals surface area contributed by atoms with Gasteiger partial charge in [0.05, 0.1) is 23.8 Å². The van der Waals surface area contributed by atoms with Crippen LogP contribution in [0.4, 0.5) is 19.3 Å². The van der Waals surface area contributed by atoms with E-state index in [1.54, 1.807) is 4.90 Å². The van der Waals surface area contributed by atoms with Gasteiger partial charge in [-0.25, -0.2) is 18.6 Å². The van der Waals surface area contributed by atoms with Gasteiger partial charge in [-0.05, 0) is 25.1 Å². The van der Waals surface area contributed by atoms with Crippen molar-refractivity contribution in [3.63, 3.8) is 0 Å². The molecule has 4 rings (SSSR count). The first-order valence-electron chi connectivity index (χ1n) is 9.40. The summed E-state index contributed by atoms with van der Waals surface area (Å²) in [5.74, 6) is -1.02. The van der Waals surface area contributed by atoms with E-state index in [1.165, 1.54) is 29.9 Å². The standard InChI is InChI=1S/C19H20ClF2N5O3/c1-10-5-16-13(17-18(28)25(2)30-12(7-21)8-27(17)24-16)9-26(10)19(29)23-11-3-4-15(22)14(20)6-11/h3-4,6,10,12H,5,7-9H2,1-2H3,(H,23,29)/t10-,12+/m1/s1. The number of urea groups is 1. The van der Waals surface area contributed by atoms with Crippen molar-refractivity contribution >= 4 is 29.2 Å². The van der Waals surface area contributed by atoms with Gasteiger partial charge in [0.2, 0.25) is 0 Å². The molecule has 1 aromatic carbocycles. The summed E-state index contributed by atoms with van der Waals surface area (Å²) in [6.45, 7) is 1.36. The van der Waals surface area contributed by atoms with E-state index in [-0.39, 0.29) is 29.8 Å². The molecule has 0 aliphatic carbocycles. The Morgan fingerprint density at radius 3 is 2.90 bits per heavy atom. The Bertz CT molecular complexity index is 1010. The second-order valence-electron chi connectivity index (χ2n) is 7.38. The van der Waals surface area contributed by atoms with Crippen LogP contribution in [0.25, 0.3) is 0 Å². The number of hydrogen-bond donors (Lipinski definition) is 1. The van der Waals surface area contributed by atoms with Gasteiger partial charge in [0.25, 0.3) is 5.91 Å². The number of benzene rings is 1. The summed E-state index contributed by atoms with van der Waals surface area (Å²) in [5.41, 5.74) is 1.96. The highest BCUT2D eigenvalue weighted by atomic mass is 35.5. The average Bonchev–Trinajstić information content (AvgIpc) is 2.99. The zero-order chi connectivity index (χ0) is 21.6. The van der Waals surface area contributed by atoms with Gasteiger partial charge in [-0.3, -0.25) is 14.3 Å². The van der Waals surface area contributed by atoms with Crippen molar-refractivity contribution in [3.8, 4) is 0 Å². The summed E-state index contributed by atoms with van der Waals surface area (Å²) in [4.78, 5) is 32.5. The Labute approximate surface area is 176 Å². The predicted molar refractivity (Wildman–Crippen MR) is 104 cm³/mol. The Morgan fingerprint density at radius 1 is 1.43 bits per heavy atom. The van der Waals surface area contributed by atoms with Gasteiger partial charge in [0, 0.05) is 30.8 Å². The number of amides is 3. The lowest BCUT2D eigenvalue weighted by molar-refractivity contribution is -0.152. The Kier molecular flexibility index (Phi) is 5.37. The quantitative estimate of drug-likeness (QED) is 0.780. The van der Waals surface area contributed by atoms with Crippen LogP contribution in [0.1, 0.15) is 28.7 Å². The fourth-order valence-electron chi connectivity index (χ4n) is 3.73. The molecule has 2 aliphatic heterocycles. The molecule has 3 amide bonds. The SMILES string of the molecule is C[C@@H]1Cc2nn3c(c2CN1C(=O)Nc1ccc(F)c(Cl)c1)C(=O)N(C)O[C@@H](CF)C3. The van der Waals surface area contributed by atoms with E-state index in [1.807, 2.05) is 6.92 Å². The maximum absolute atomic E-state index is 13.4. The summed E-state index contributed by atoms with van der Waals surface area (Å²) in [6, 6.07) is 3.30. The summed E-state index contributed by atoms with van der Waals surface area (Å²) >= 11 is 5.78. The van der Waals surface area contributed by atoms with E-state index in [9.17, 15) is 18.4 Å². The lowest BCUT2D eigenvalue weighted by atomic mass is 9.99. The first kappa shape index (κ1) is 20.5. The van der Waals surface area contributed by atoms with E-state index in [0.29, 0.717) is 23.4 Å². The van der Waals surface area contributed by atoms with Crippen LogP contribution in [0.2, 0.25) is 5.02 Å². The molecule has 2 aliphatic rings. The van der Waals surface area contributed by atoms with Crippen LogP contribution < -0.4 is 5.32 Å². The normalized spacial score (nSPS) is 21.2. The van der Waals surface area contributed by atoms with Crippen LogP contribution in [-0.4, -0.2) is 57.5 Å². The molecular formula is C19H20ClF2N5O3. The van der Waals surface area contributed by atoms with Gasteiger partial charge in [-0.1, -0.05) is 11.6 Å². The maximum Gasteiger partial charge on any atom is 0.322 e. The Hall–Kier alpha value is -2.72. The number of fused-ring (bicyclic) bond motifs is 3. The molecule has 1 N–H and O–H groups in total. The molecule has 1 aromatic heterocycles. The molecule has 0 spiro atoms. The molecule has 0 saturated heterocycles. The van der Waals surface area contributed by atoms with Crippen molar-refractivity contribution in [2.45, 2.75) is 38.6 Å². The summed E-state index contributed by atoms with van der Waals surface area (Å²) in [5, 5.41) is 8.10. The Balaban J connectivity index is 1.61. The summed E-state index contributed by atoms with van der Waals surface area (Å²) in [6.07, 6.45) is -0.382. The minimum Gasteiger partial charge on any atom is -0.317 e. The van der Waals surface area contributed by atoms with E-state index < -0.39 is 30.5 Å². The highest BCUT2D eigenvalue weighted by Crippen LogP contribution is 2.29. The van der Waals surface area contributed by atoms with Crippen molar-refractivity contribution in [1.82, 2.24) is 19.7 Å². The number of aromatic nitrogens is 2. The third-order valence-corrected chi connectivity index (χ3v) is 5.55. The minimum absolute atomic E-state index is 0.0974. The van der Waals surface area contributed by atoms with Gasteiger partial charge in [-0.15, -0.1) is 0 Å². The summed E-state index contributed by atoms with van der Waals surface area (Å²) < 4.78 is 28.1. The van der Waals surface area contributed by atoms with Crippen LogP contribution in [0.5, 0.6) is 0 Å². The second kappa shape index (κ2) is 7.84. The van der Waals surface area contributed by atoms with Crippen molar-refractivity contribution in [2.75, 3.05) is 19.0 Å². The van der Waals surface area contributed by atoms with Crippen molar-refractivity contribution in [1.29, 1.82) is 0 Å². The molecule has 0 fully saturated rings. The number of carbonyl (C=O) groups excluding carboxylic acids is 2. The zero-order valence-electron chi connectivity index (χ0n) is 16.4. The van der Waals surface area contributed by atoms with Gasteiger partial charge in [0.1, 0.15) is 24.3 Å². The van der Waals surface area contributed by atoms with Crippen LogP contribution >= 0.6 is 11.6 Å². The maximum atomic E-state index is 13.4. The second-order valence-corrected chi connectivity index (χ2v) is 7.79. The van der Waals surface area contributed by atoms with Gasteiger partial charge < -0.3 is 10.2 Å². The first-order valence-corrected chi connectivity index (χ1v) is 9.78. The monoisotopic (exact) mass is 439 g/mol. The third kappa shape index (κ3) is 3.61. The lowest BCUT2D eigenvalue weighted by Gasteiger charge is -2.33. The fraction of sp³-hybridized carbons (Fsp3) is 0.421. The first-order chi connectivity index (χ1) is 14.3. The number of rotatable bonds is 2. The number of hydroxylamine groups is 2. The molecule has 0 radical (unpaired) electrons. The Morgan fingerprint density at radius 2 is 2.20 bits per heavy atom. The molecule has 30 heavy (non-hydrogen) atoms. The van der Waals surface area contributed by atoms with Crippen LogP contribution in [0.15, 0.2) is 18.2 Å². The van der Waals surface area contributed by atoms with Crippen LogP contribution in [-0.2, 0) is 24.3 Å². The van der Waals surface area contributed by atoms with Crippen molar-refractivity contribution in [3.05, 3.63) is 46.0 Å². The molecule has 0 saturated carbocycles. The molecule has 8 nitrogen and oxygen atoms in total. The number of halogens is 3. The minimum atomic E-state index is -0.818. The molecule has 3 heterocycles. The fourth-order valence-corrected chi connectivity index (χ4v) is 3.91. The smallest absolute Gasteiger partial charge is 0.317 e. The molecule has 0 unspecified atom stereocenters. The van der Waals surface area contributed by atoms with Gasteiger partial charge >= 0.3 is 6.03 Å². The van der Waals surface area contributed by atoms with Crippen molar-refractivity contribution in [2.24, 2.45) is 0 Å². The number of nitrogens with zero attached hydrogens (tertiary/aromatic N) is 4. The number of anilines is 1. The predicted octanol–water partition coefficient (Wildman–Crippen LogP) is 3.01. The van der Waals surface area contributed by atoms with E-state index in [2.05, 4.69) is 10.4 Å². The average molecular weight is 440 g/mol. The highest BCUT2D eigenvalue weighted by Gasteiger charge is 2.37. The number of alkyl halides is 1. The number of nitrogens with one attached hydrogen (secondary N) is 1. The topological polar surface area (TPSA) is 79.7 Å². The molecule has 2 aromatic rings. The molecule has 0 bridgehead atoms. The molecule has 2 atom stereocenters. The summed E-state index contributed by atoms with van der Waals surface area (Å²) in [7, 11) is 1.42. The molecular weight excluding hydrogens is 420 g/mol. The van der Waals surface area contributed by atoms with Crippen molar-refractivity contribution < 1.29 is 23.2 Å². The van der Waals surface area contributed by atoms with E-state index in [0.717, 1.165) is 5.06 Å². The number of carbonyl (C=O) groups is 2. The van der Waals surface area contributed by atoms with E-state index >= 15 is 0 Å². The lowest BCUT2D eigenvalue weighted by Crippen LogP contribution is -2.45. The zero-order valence-corrected chi connectivity index (χ0v) is 17.1. The van der Waals surface area contributed by atoms with E-state index in [4.69, 9.17) is 16.4 Å². The molecule has 11 heteroatoms.